The normalized spacial score (nSPS) is 12.5. The van der Waals surface area contributed by atoms with Crippen LogP contribution in [0.5, 0.6) is 0 Å². The Bertz CT molecular complexity index is 1650. The summed E-state index contributed by atoms with van der Waals surface area (Å²) in [5.74, 6) is -0.148. The zero-order chi connectivity index (χ0) is 20.2. The summed E-state index contributed by atoms with van der Waals surface area (Å²) in [5.41, 5.74) is 9.40. The third kappa shape index (κ3) is 1.88. The standard InChI is InChI=1S/C26H22FN2/c1-13-6-7-18-20(10-13)29-24-15(3)11-14(2)16(4)21(24)25-22-17(8-9-28(25)5)12-19(27)23(18)26(22)29/h6-12H,1-5H3/q+1. The van der Waals surface area contributed by atoms with Crippen molar-refractivity contribution in [1.82, 2.24) is 4.40 Å². The van der Waals surface area contributed by atoms with Gasteiger partial charge in [-0.25, -0.2) is 8.96 Å². The molecule has 0 spiro atoms. The van der Waals surface area contributed by atoms with Gasteiger partial charge >= 0.3 is 0 Å². The molecule has 0 bridgehead atoms. The Balaban J connectivity index is 2.18. The molecule has 6 aromatic rings. The Kier molecular flexibility index (Phi) is 3.02. The van der Waals surface area contributed by atoms with Crippen LogP contribution in [0.25, 0.3) is 49.0 Å². The van der Waals surface area contributed by atoms with Gasteiger partial charge in [-0.1, -0.05) is 18.2 Å². The van der Waals surface area contributed by atoms with Crippen LogP contribution in [0.4, 0.5) is 4.39 Å². The zero-order valence-electron chi connectivity index (χ0n) is 17.3. The number of pyridine rings is 2. The van der Waals surface area contributed by atoms with Crippen molar-refractivity contribution in [3.63, 3.8) is 0 Å². The maximum Gasteiger partial charge on any atom is 0.224 e. The van der Waals surface area contributed by atoms with Crippen molar-refractivity contribution in [3.05, 3.63) is 70.7 Å². The molecule has 3 heteroatoms. The van der Waals surface area contributed by atoms with E-state index < -0.39 is 0 Å². The van der Waals surface area contributed by atoms with Crippen LogP contribution in [0.2, 0.25) is 0 Å². The van der Waals surface area contributed by atoms with Crippen molar-refractivity contribution < 1.29 is 8.96 Å². The lowest BCUT2D eigenvalue weighted by atomic mass is 9.95. The molecule has 6 rings (SSSR count). The first-order valence-corrected chi connectivity index (χ1v) is 10.1. The van der Waals surface area contributed by atoms with Crippen LogP contribution >= 0.6 is 0 Å². The Labute approximate surface area is 168 Å². The Morgan fingerprint density at radius 2 is 1.62 bits per heavy atom. The number of aryl methyl sites for hydroxylation is 5. The van der Waals surface area contributed by atoms with E-state index in [0.717, 1.165) is 32.6 Å². The molecule has 0 radical (unpaired) electrons. The average Bonchev–Trinajstić information content (AvgIpc) is 3.01. The summed E-state index contributed by atoms with van der Waals surface area (Å²) in [4.78, 5) is 0. The van der Waals surface area contributed by atoms with Crippen molar-refractivity contribution >= 4 is 49.0 Å². The minimum absolute atomic E-state index is 0.148. The maximum atomic E-state index is 15.4. The van der Waals surface area contributed by atoms with Gasteiger partial charge in [0.05, 0.1) is 27.3 Å². The minimum atomic E-state index is -0.148. The lowest BCUT2D eigenvalue weighted by Crippen LogP contribution is -2.29. The lowest BCUT2D eigenvalue weighted by Gasteiger charge is -2.16. The Morgan fingerprint density at radius 1 is 0.828 bits per heavy atom. The van der Waals surface area contributed by atoms with Gasteiger partial charge in [0, 0.05) is 16.8 Å². The van der Waals surface area contributed by atoms with Crippen LogP contribution in [-0.4, -0.2) is 4.40 Å². The van der Waals surface area contributed by atoms with E-state index in [1.165, 1.54) is 38.7 Å². The van der Waals surface area contributed by atoms with E-state index in [1.54, 1.807) is 6.07 Å². The topological polar surface area (TPSA) is 8.29 Å². The number of halogens is 1. The second-order valence-corrected chi connectivity index (χ2v) is 8.54. The SMILES string of the molecule is Cc1ccc2c3c(F)cc4cc[n+](C)c5c6c(C)c(C)cc(C)c6n(c2c1)c3c45. The fourth-order valence-corrected chi connectivity index (χ4v) is 5.30. The van der Waals surface area contributed by atoms with Gasteiger partial charge in [0.2, 0.25) is 5.52 Å². The first-order valence-electron chi connectivity index (χ1n) is 10.1. The number of hydrogen-bond donors (Lipinski definition) is 0. The number of aromatic nitrogens is 2. The van der Waals surface area contributed by atoms with Gasteiger partial charge in [0.15, 0.2) is 6.20 Å². The molecule has 3 aromatic carbocycles. The molecule has 0 saturated heterocycles. The Hall–Kier alpha value is -3.20. The average molecular weight is 381 g/mol. The fourth-order valence-electron chi connectivity index (χ4n) is 5.30. The second-order valence-electron chi connectivity index (χ2n) is 8.54. The summed E-state index contributed by atoms with van der Waals surface area (Å²) in [6.07, 6.45) is 2.05. The molecule has 0 aliphatic rings. The number of rotatable bonds is 0. The van der Waals surface area contributed by atoms with Gasteiger partial charge in [-0.2, -0.15) is 0 Å². The molecule has 2 nitrogen and oxygen atoms in total. The summed E-state index contributed by atoms with van der Waals surface area (Å²) in [6.45, 7) is 8.65. The predicted molar refractivity (Wildman–Crippen MR) is 119 cm³/mol. The number of nitrogens with zero attached hydrogens (tertiary/aromatic N) is 2. The summed E-state index contributed by atoms with van der Waals surface area (Å²) in [7, 11) is 2.09. The molecule has 29 heavy (non-hydrogen) atoms. The molecule has 3 heterocycles. The van der Waals surface area contributed by atoms with Crippen molar-refractivity contribution in [3.8, 4) is 0 Å². The first-order chi connectivity index (χ1) is 13.9. The molecule has 0 atom stereocenters. The van der Waals surface area contributed by atoms with Gasteiger partial charge in [0.1, 0.15) is 12.9 Å². The highest BCUT2D eigenvalue weighted by Crippen LogP contribution is 2.43. The van der Waals surface area contributed by atoms with Crippen molar-refractivity contribution in [2.75, 3.05) is 0 Å². The quantitative estimate of drug-likeness (QED) is 0.168. The molecule has 0 unspecified atom stereocenters. The number of benzene rings is 3. The van der Waals surface area contributed by atoms with Crippen LogP contribution < -0.4 is 4.57 Å². The number of hydrogen-bond acceptors (Lipinski definition) is 0. The van der Waals surface area contributed by atoms with Gasteiger partial charge in [-0.05, 0) is 67.5 Å². The van der Waals surface area contributed by atoms with Crippen LogP contribution in [0.15, 0.2) is 42.6 Å². The minimum Gasteiger partial charge on any atom is -0.307 e. The summed E-state index contributed by atoms with van der Waals surface area (Å²) >= 11 is 0. The second kappa shape index (κ2) is 5.24. The molecule has 0 fully saturated rings. The van der Waals surface area contributed by atoms with Crippen molar-refractivity contribution in [1.29, 1.82) is 0 Å². The number of fused-ring (bicyclic) bond motifs is 6. The molecule has 3 aromatic heterocycles. The van der Waals surface area contributed by atoms with Crippen LogP contribution in [-0.2, 0) is 7.05 Å². The van der Waals surface area contributed by atoms with Gasteiger partial charge < -0.3 is 4.40 Å². The monoisotopic (exact) mass is 381 g/mol. The van der Waals surface area contributed by atoms with E-state index in [1.807, 2.05) is 12.3 Å². The molecule has 142 valence electrons. The highest BCUT2D eigenvalue weighted by molar-refractivity contribution is 6.27. The third-order valence-corrected chi connectivity index (χ3v) is 6.71. The Morgan fingerprint density at radius 3 is 2.41 bits per heavy atom. The summed E-state index contributed by atoms with van der Waals surface area (Å²) in [5, 5.41) is 5.06. The summed E-state index contributed by atoms with van der Waals surface area (Å²) in [6, 6.07) is 12.3. The predicted octanol–water partition coefficient (Wildman–Crippen LogP) is 6.19. The van der Waals surface area contributed by atoms with E-state index in [4.69, 9.17) is 0 Å². The van der Waals surface area contributed by atoms with Crippen LogP contribution in [0.3, 0.4) is 0 Å². The van der Waals surface area contributed by atoms with E-state index in [2.05, 4.69) is 68.0 Å². The molecular formula is C26H22FN2+. The van der Waals surface area contributed by atoms with Crippen LogP contribution in [0, 0.1) is 33.5 Å². The highest BCUT2D eigenvalue weighted by atomic mass is 19.1. The van der Waals surface area contributed by atoms with Crippen molar-refractivity contribution in [2.45, 2.75) is 27.7 Å². The largest absolute Gasteiger partial charge is 0.307 e. The molecule has 0 amide bonds. The molecule has 0 N–H and O–H groups in total. The van der Waals surface area contributed by atoms with Gasteiger partial charge in [0.25, 0.3) is 0 Å². The van der Waals surface area contributed by atoms with Gasteiger partial charge in [-0.15, -0.1) is 0 Å². The van der Waals surface area contributed by atoms with Gasteiger partial charge in [-0.3, -0.25) is 0 Å². The molecular weight excluding hydrogens is 359 g/mol. The van der Waals surface area contributed by atoms with E-state index in [-0.39, 0.29) is 5.82 Å². The first kappa shape index (κ1) is 16.7. The third-order valence-electron chi connectivity index (χ3n) is 6.71. The van der Waals surface area contributed by atoms with Crippen LogP contribution in [0.1, 0.15) is 22.3 Å². The smallest absolute Gasteiger partial charge is 0.224 e. The summed E-state index contributed by atoms with van der Waals surface area (Å²) < 4.78 is 19.9. The molecule has 0 aliphatic heterocycles. The lowest BCUT2D eigenvalue weighted by molar-refractivity contribution is -0.643. The van der Waals surface area contributed by atoms with E-state index in [0.29, 0.717) is 0 Å². The highest BCUT2D eigenvalue weighted by Gasteiger charge is 2.27. The fraction of sp³-hybridized carbons (Fsp3) is 0.192. The zero-order valence-corrected chi connectivity index (χ0v) is 17.3. The molecule has 0 aliphatic carbocycles. The molecule has 0 saturated carbocycles. The van der Waals surface area contributed by atoms with E-state index >= 15 is 4.39 Å². The maximum absolute atomic E-state index is 15.4. The van der Waals surface area contributed by atoms with Crippen molar-refractivity contribution in [2.24, 2.45) is 7.05 Å². The van der Waals surface area contributed by atoms with E-state index in [9.17, 15) is 0 Å².